The van der Waals surface area contributed by atoms with Crippen LogP contribution in [0.15, 0.2) is 23.5 Å². The van der Waals surface area contributed by atoms with Gasteiger partial charge in [-0.1, -0.05) is 77.4 Å². The van der Waals surface area contributed by atoms with E-state index in [-0.39, 0.29) is 36.0 Å². The second kappa shape index (κ2) is 19.2. The molecule has 6 rings (SSSR count). The van der Waals surface area contributed by atoms with E-state index in [2.05, 4.69) is 85.7 Å². The zero-order valence-electron chi connectivity index (χ0n) is 35.7. The fraction of sp³-hybridized carbons (Fsp3) is 0.841. The van der Waals surface area contributed by atoms with E-state index >= 15 is 0 Å². The maximum atomic E-state index is 9.85. The molecule has 2 aliphatic carbocycles. The summed E-state index contributed by atoms with van der Waals surface area (Å²) in [5.41, 5.74) is 2.47. The first-order chi connectivity index (χ1) is 26.6. The molecule has 1 aromatic heterocycles. The Balaban J connectivity index is 1.29. The van der Waals surface area contributed by atoms with Crippen LogP contribution in [-0.4, -0.2) is 97.9 Å². The molecule has 310 valence electrons. The molecule has 11 heteroatoms. The van der Waals surface area contributed by atoms with Gasteiger partial charge in [0.25, 0.3) is 0 Å². The maximum absolute atomic E-state index is 9.85. The largest absolute Gasteiger partial charge is 0.395 e. The minimum Gasteiger partial charge on any atom is -0.395 e. The van der Waals surface area contributed by atoms with Crippen molar-refractivity contribution in [2.24, 2.45) is 0 Å². The number of hydrogen-bond acceptors (Lipinski definition) is 11. The van der Waals surface area contributed by atoms with Crippen molar-refractivity contribution in [3.63, 3.8) is 0 Å². The summed E-state index contributed by atoms with van der Waals surface area (Å²) in [5, 5.41) is 15.5. The molecule has 5 fully saturated rings. The molecule has 0 amide bonds. The lowest BCUT2D eigenvalue weighted by atomic mass is 9.73. The molecular weight excluding hydrogens is 689 g/mol. The van der Waals surface area contributed by atoms with E-state index in [1.54, 1.807) is 0 Å². The Morgan fingerprint density at radius 1 is 0.764 bits per heavy atom. The van der Waals surface area contributed by atoms with Crippen molar-refractivity contribution in [2.75, 3.05) is 41.4 Å². The van der Waals surface area contributed by atoms with Gasteiger partial charge in [0.15, 0.2) is 0 Å². The third-order valence-electron chi connectivity index (χ3n) is 13.2. The number of unbranched alkanes of at least 4 members (excludes halogenated alkanes) is 2. The lowest BCUT2D eigenvalue weighted by Gasteiger charge is -2.63. The highest BCUT2D eigenvalue weighted by atomic mass is 16.7. The van der Waals surface area contributed by atoms with Crippen molar-refractivity contribution in [2.45, 2.75) is 212 Å². The number of hydroxylamine groups is 2. The first-order valence-electron chi connectivity index (χ1n) is 22.5. The molecule has 0 radical (unpaired) electrons. The number of fused-ring (bicyclic) bond motifs is 1. The average Bonchev–Trinajstić information content (AvgIpc) is 3.18. The van der Waals surface area contributed by atoms with Gasteiger partial charge >= 0.3 is 0 Å². The van der Waals surface area contributed by atoms with Gasteiger partial charge in [0, 0.05) is 67.9 Å². The third kappa shape index (κ3) is 9.92. The lowest BCUT2D eigenvalue weighted by Crippen LogP contribution is -2.69. The van der Waals surface area contributed by atoms with Crippen LogP contribution < -0.4 is 15.1 Å². The van der Waals surface area contributed by atoms with Gasteiger partial charge in [0.05, 0.1) is 24.4 Å². The molecule has 0 aromatic carbocycles. The fourth-order valence-electron chi connectivity index (χ4n) is 10.3. The van der Waals surface area contributed by atoms with Crippen molar-refractivity contribution < 1.29 is 14.7 Å². The summed E-state index contributed by atoms with van der Waals surface area (Å²) < 4.78 is 6.79. The molecule has 4 unspecified atom stereocenters. The molecule has 3 aliphatic heterocycles. The van der Waals surface area contributed by atoms with Crippen molar-refractivity contribution in [1.29, 1.82) is 0 Å². The smallest absolute Gasteiger partial charge is 0.232 e. The average molecular weight is 765 g/mol. The van der Waals surface area contributed by atoms with E-state index < -0.39 is 0 Å². The Labute approximate surface area is 333 Å². The van der Waals surface area contributed by atoms with Gasteiger partial charge in [-0.2, -0.15) is 15.0 Å². The molecule has 0 spiro atoms. The van der Waals surface area contributed by atoms with E-state index in [0.29, 0.717) is 24.7 Å². The molecule has 3 saturated heterocycles. The van der Waals surface area contributed by atoms with Crippen LogP contribution in [0, 0.1) is 0 Å². The Bertz CT molecular complexity index is 1430. The van der Waals surface area contributed by atoms with Crippen molar-refractivity contribution >= 4 is 17.8 Å². The summed E-state index contributed by atoms with van der Waals surface area (Å²) in [6, 6.07) is 0.463. The van der Waals surface area contributed by atoms with Crippen LogP contribution >= 0.6 is 0 Å². The zero-order valence-corrected chi connectivity index (χ0v) is 35.7. The number of piperidine rings is 2. The summed E-state index contributed by atoms with van der Waals surface area (Å²) in [6.07, 6.45) is 27.0. The lowest BCUT2D eigenvalue weighted by molar-refractivity contribution is -0.239. The molecule has 5 aliphatic rings. The Morgan fingerprint density at radius 2 is 1.33 bits per heavy atom. The van der Waals surface area contributed by atoms with Gasteiger partial charge in [-0.05, 0) is 86.0 Å². The maximum Gasteiger partial charge on any atom is 0.232 e. The number of aromatic nitrogens is 3. The van der Waals surface area contributed by atoms with Gasteiger partial charge in [-0.15, -0.1) is 0 Å². The molecular formula is C44H76N8O3. The second-order valence-corrected chi connectivity index (χ2v) is 18.1. The standard InChI is InChI=1S/C44H76N8O3/c1-8-12-25-49(35-29-34(11-4)52(43(5,6)30-35)55-38-22-18-15-19-23-38)41-46-40(45-24-27-53)47-42(48-41)50(26-13-9-2)36-28-33(10-3)51-39(32-44(51,7)31-36)54-37-20-16-14-17-21-37/h10-11,35-39,53H,8-9,12-32H2,1-7H3,(H,45,46,47,48)/b33-10+,34-11+. The number of ether oxygens (including phenoxy) is 1. The number of aliphatic hydroxyl groups is 1. The minimum atomic E-state index is -0.193. The number of nitrogens with zero attached hydrogens (tertiary/aromatic N) is 7. The fourth-order valence-corrected chi connectivity index (χ4v) is 10.3. The van der Waals surface area contributed by atoms with Crippen LogP contribution in [0.25, 0.3) is 0 Å². The second-order valence-electron chi connectivity index (χ2n) is 18.1. The molecule has 0 bridgehead atoms. The highest BCUT2D eigenvalue weighted by Crippen LogP contribution is 2.50. The quantitative estimate of drug-likeness (QED) is 0.159. The Kier molecular flexibility index (Phi) is 14.7. The van der Waals surface area contributed by atoms with E-state index in [9.17, 15) is 5.11 Å². The number of aliphatic hydroxyl groups excluding tert-OH is 1. The van der Waals surface area contributed by atoms with E-state index in [0.717, 1.165) is 95.6 Å². The summed E-state index contributed by atoms with van der Waals surface area (Å²) >= 11 is 0. The zero-order chi connectivity index (χ0) is 39.0. The van der Waals surface area contributed by atoms with E-state index in [1.165, 1.54) is 62.8 Å². The van der Waals surface area contributed by atoms with Crippen molar-refractivity contribution in [1.82, 2.24) is 24.9 Å². The SMILES string of the molecule is C/C=C1\CC(N(CCCC)c2nc(NCCO)nc(N(CCCC)C3C/C(=C\C)N4C(OC5CCCCC5)CC4(C)C3)n2)CC(C)(C)N1OC1CCCCC1. The molecule has 1 aromatic rings. The number of nitrogens with one attached hydrogen (secondary N) is 1. The molecule has 55 heavy (non-hydrogen) atoms. The normalized spacial score (nSPS) is 29.0. The summed E-state index contributed by atoms with van der Waals surface area (Å²) in [5.74, 6) is 2.02. The molecule has 4 atom stereocenters. The third-order valence-corrected chi connectivity index (χ3v) is 13.2. The van der Waals surface area contributed by atoms with Crippen LogP contribution in [0.4, 0.5) is 17.8 Å². The molecule has 4 heterocycles. The number of allylic oxidation sites excluding steroid dienone is 2. The Morgan fingerprint density at radius 3 is 1.89 bits per heavy atom. The van der Waals surface area contributed by atoms with Crippen LogP contribution in [-0.2, 0) is 9.57 Å². The number of rotatable bonds is 17. The predicted octanol–water partition coefficient (Wildman–Crippen LogP) is 9.11. The molecule has 11 nitrogen and oxygen atoms in total. The van der Waals surface area contributed by atoms with Gasteiger partial charge in [-0.25, -0.2) is 0 Å². The van der Waals surface area contributed by atoms with Gasteiger partial charge in [0.2, 0.25) is 17.8 Å². The van der Waals surface area contributed by atoms with Crippen molar-refractivity contribution in [3.05, 3.63) is 23.5 Å². The predicted molar refractivity (Wildman–Crippen MR) is 224 cm³/mol. The molecule has 2 N–H and O–H groups in total. The monoisotopic (exact) mass is 765 g/mol. The van der Waals surface area contributed by atoms with Crippen LogP contribution in [0.3, 0.4) is 0 Å². The van der Waals surface area contributed by atoms with Gasteiger partial charge < -0.3 is 29.9 Å². The van der Waals surface area contributed by atoms with Crippen LogP contribution in [0.2, 0.25) is 0 Å². The number of anilines is 3. The topological polar surface area (TPSA) is 102 Å². The van der Waals surface area contributed by atoms with Gasteiger partial charge in [-0.3, -0.25) is 9.90 Å². The summed E-state index contributed by atoms with van der Waals surface area (Å²) in [7, 11) is 0. The summed E-state index contributed by atoms with van der Waals surface area (Å²) in [6.45, 7) is 18.1. The number of hydrogen-bond donors (Lipinski definition) is 2. The first-order valence-corrected chi connectivity index (χ1v) is 22.5. The highest BCUT2D eigenvalue weighted by Gasteiger charge is 2.55. The van der Waals surface area contributed by atoms with E-state index in [1.807, 2.05) is 0 Å². The van der Waals surface area contributed by atoms with Crippen LogP contribution in [0.5, 0.6) is 0 Å². The molecule has 2 saturated carbocycles. The van der Waals surface area contributed by atoms with Crippen molar-refractivity contribution in [3.8, 4) is 0 Å². The van der Waals surface area contributed by atoms with Gasteiger partial charge in [0.1, 0.15) is 6.23 Å². The van der Waals surface area contributed by atoms with Crippen LogP contribution in [0.1, 0.15) is 170 Å². The van der Waals surface area contributed by atoms with E-state index in [4.69, 9.17) is 24.5 Å². The Hall–Kier alpha value is -2.63. The first kappa shape index (κ1) is 42.0. The minimum absolute atomic E-state index is 0.0132. The highest BCUT2D eigenvalue weighted by molar-refractivity contribution is 5.48. The summed E-state index contributed by atoms with van der Waals surface area (Å²) in [4.78, 5) is 30.1.